The highest BCUT2D eigenvalue weighted by Crippen LogP contribution is 2.24. The summed E-state index contributed by atoms with van der Waals surface area (Å²) in [5.74, 6) is -1.37. The van der Waals surface area contributed by atoms with Crippen molar-refractivity contribution in [2.75, 3.05) is 13.1 Å². The van der Waals surface area contributed by atoms with Gasteiger partial charge in [-0.3, -0.25) is 4.79 Å². The summed E-state index contributed by atoms with van der Waals surface area (Å²) < 4.78 is 5.26. The molecule has 0 aromatic heterocycles. The summed E-state index contributed by atoms with van der Waals surface area (Å²) in [6, 6.07) is -1.07. The van der Waals surface area contributed by atoms with Gasteiger partial charge >= 0.3 is 12.1 Å². The molecule has 0 aromatic rings. The molecule has 0 radical (unpaired) electrons. The molecule has 0 aromatic carbocycles. The summed E-state index contributed by atoms with van der Waals surface area (Å²) in [4.78, 5) is 27.0. The number of carboxylic acid groups (broad SMARTS) is 1. The predicted molar refractivity (Wildman–Crippen MR) is 71.1 cm³/mol. The molecule has 20 heavy (non-hydrogen) atoms. The largest absolute Gasteiger partial charge is 0.481 e. The number of nitrogens with zero attached hydrogens (tertiary/aromatic N) is 4. The first-order valence-electron chi connectivity index (χ1n) is 6.49. The minimum atomic E-state index is -1.13. The van der Waals surface area contributed by atoms with Crippen molar-refractivity contribution < 1.29 is 19.4 Å². The highest BCUT2D eigenvalue weighted by Gasteiger charge is 2.33. The summed E-state index contributed by atoms with van der Waals surface area (Å²) in [5, 5.41) is 12.3. The number of azide groups is 1. The fraction of sp³-hybridized carbons (Fsp3) is 0.833. The Balaban J connectivity index is 2.57. The summed E-state index contributed by atoms with van der Waals surface area (Å²) in [6.45, 7) is 6.19. The van der Waals surface area contributed by atoms with Crippen molar-refractivity contribution in [1.29, 1.82) is 0 Å². The molecule has 112 valence electrons. The van der Waals surface area contributed by atoms with Crippen LogP contribution in [0.1, 0.15) is 33.6 Å². The molecule has 1 saturated heterocycles. The Morgan fingerprint density at radius 3 is 2.35 bits per heavy atom. The zero-order valence-corrected chi connectivity index (χ0v) is 11.9. The predicted octanol–water partition coefficient (Wildman–Crippen LogP) is 2.40. The van der Waals surface area contributed by atoms with Gasteiger partial charge in [-0.05, 0) is 45.1 Å². The second kappa shape index (κ2) is 6.47. The molecular weight excluding hydrogens is 264 g/mol. The maximum atomic E-state index is 11.9. The van der Waals surface area contributed by atoms with E-state index in [0.717, 1.165) is 0 Å². The zero-order valence-electron chi connectivity index (χ0n) is 11.9. The van der Waals surface area contributed by atoms with Gasteiger partial charge < -0.3 is 14.7 Å². The molecule has 1 N–H and O–H groups in total. The van der Waals surface area contributed by atoms with Crippen molar-refractivity contribution >= 4 is 12.1 Å². The smallest absolute Gasteiger partial charge is 0.410 e. The molecule has 0 aliphatic carbocycles. The van der Waals surface area contributed by atoms with Crippen molar-refractivity contribution in [2.45, 2.75) is 45.3 Å². The Kier molecular flexibility index (Phi) is 5.21. The third-order valence-electron chi connectivity index (χ3n) is 3.07. The van der Waals surface area contributed by atoms with Gasteiger partial charge in [0.05, 0.1) is 0 Å². The van der Waals surface area contributed by atoms with Gasteiger partial charge in [-0.1, -0.05) is 5.11 Å². The molecule has 1 aliphatic rings. The van der Waals surface area contributed by atoms with Crippen LogP contribution in [0.2, 0.25) is 0 Å². The lowest BCUT2D eigenvalue weighted by molar-refractivity contribution is -0.140. The van der Waals surface area contributed by atoms with Crippen molar-refractivity contribution in [3.05, 3.63) is 10.4 Å². The molecule has 8 nitrogen and oxygen atoms in total. The van der Waals surface area contributed by atoms with Crippen LogP contribution in [-0.4, -0.2) is 46.8 Å². The lowest BCUT2D eigenvalue weighted by Gasteiger charge is -2.34. The van der Waals surface area contributed by atoms with Crippen LogP contribution in [0.4, 0.5) is 4.79 Å². The number of carbonyl (C=O) groups is 2. The molecule has 0 spiro atoms. The summed E-state index contributed by atoms with van der Waals surface area (Å²) >= 11 is 0. The van der Waals surface area contributed by atoms with Crippen LogP contribution in [0.5, 0.6) is 0 Å². The second-order valence-corrected chi connectivity index (χ2v) is 5.79. The van der Waals surface area contributed by atoms with E-state index in [9.17, 15) is 9.59 Å². The molecular formula is C12H20N4O4. The molecule has 0 saturated carbocycles. The molecule has 1 atom stereocenters. The fourth-order valence-electron chi connectivity index (χ4n) is 2.13. The third-order valence-corrected chi connectivity index (χ3v) is 3.07. The summed E-state index contributed by atoms with van der Waals surface area (Å²) in [7, 11) is 0. The molecule has 8 heteroatoms. The number of hydrogen-bond acceptors (Lipinski definition) is 4. The summed E-state index contributed by atoms with van der Waals surface area (Å²) in [6.07, 6.45) is 0.566. The van der Waals surface area contributed by atoms with Crippen molar-refractivity contribution in [3.8, 4) is 0 Å². The monoisotopic (exact) mass is 284 g/mol. The van der Waals surface area contributed by atoms with Crippen molar-refractivity contribution in [2.24, 2.45) is 11.0 Å². The second-order valence-electron chi connectivity index (χ2n) is 5.79. The van der Waals surface area contributed by atoms with Crippen LogP contribution in [0.15, 0.2) is 5.11 Å². The number of amides is 1. The quantitative estimate of drug-likeness (QED) is 0.486. The number of ether oxygens (including phenoxy) is 1. The number of carboxylic acids is 1. The summed E-state index contributed by atoms with van der Waals surface area (Å²) in [5.41, 5.74) is 7.84. The standard InChI is InChI=1S/C12H20N4O4/c1-12(2,3)20-11(19)16-6-4-8(5-7-16)9(10(17)18)14-15-13/h8-9H,4-7H2,1-3H3,(H,17,18)/t9-/m1/s1. The SMILES string of the molecule is CC(C)(C)OC(=O)N1CCC([C@@H](N=[N+]=[N-])C(=O)O)CC1. The van der Waals surface area contributed by atoms with E-state index in [4.69, 9.17) is 15.4 Å². The Labute approximate surface area is 117 Å². The minimum absolute atomic E-state index is 0.248. The number of carbonyl (C=O) groups excluding carboxylic acids is 1. The highest BCUT2D eigenvalue weighted by molar-refractivity contribution is 5.74. The average molecular weight is 284 g/mol. The Hall–Kier alpha value is -1.95. The van der Waals surface area contributed by atoms with E-state index in [1.807, 2.05) is 0 Å². The maximum absolute atomic E-state index is 11.9. The van der Waals surface area contributed by atoms with Gasteiger partial charge in [0.25, 0.3) is 0 Å². The first kappa shape index (κ1) is 16.1. The van der Waals surface area contributed by atoms with Crippen LogP contribution < -0.4 is 0 Å². The van der Waals surface area contributed by atoms with E-state index >= 15 is 0 Å². The lowest BCUT2D eigenvalue weighted by atomic mass is 9.90. The van der Waals surface area contributed by atoms with E-state index < -0.39 is 23.7 Å². The van der Waals surface area contributed by atoms with Gasteiger partial charge in [-0.25, -0.2) is 4.79 Å². The van der Waals surface area contributed by atoms with E-state index in [-0.39, 0.29) is 5.92 Å². The molecule has 0 unspecified atom stereocenters. The van der Waals surface area contributed by atoms with Crippen LogP contribution in [-0.2, 0) is 9.53 Å². The number of hydrogen-bond donors (Lipinski definition) is 1. The molecule has 0 bridgehead atoms. The average Bonchev–Trinajstić information content (AvgIpc) is 2.33. The van der Waals surface area contributed by atoms with Gasteiger partial charge in [0.2, 0.25) is 0 Å². The first-order valence-corrected chi connectivity index (χ1v) is 6.49. The van der Waals surface area contributed by atoms with Crippen LogP contribution in [0.3, 0.4) is 0 Å². The van der Waals surface area contributed by atoms with Crippen LogP contribution in [0.25, 0.3) is 10.4 Å². The van der Waals surface area contributed by atoms with E-state index in [1.165, 1.54) is 0 Å². The Bertz CT molecular complexity index is 416. The molecule has 1 rings (SSSR count). The van der Waals surface area contributed by atoms with Crippen molar-refractivity contribution in [1.82, 2.24) is 4.90 Å². The van der Waals surface area contributed by atoms with E-state index in [1.54, 1.807) is 25.7 Å². The minimum Gasteiger partial charge on any atom is -0.481 e. The van der Waals surface area contributed by atoms with E-state index in [2.05, 4.69) is 10.0 Å². The number of likely N-dealkylation sites (tertiary alicyclic amines) is 1. The van der Waals surface area contributed by atoms with Gasteiger partial charge in [0, 0.05) is 18.0 Å². The van der Waals surface area contributed by atoms with Gasteiger partial charge in [0.1, 0.15) is 11.6 Å². The molecule has 1 fully saturated rings. The van der Waals surface area contributed by atoms with Crippen LogP contribution in [0, 0.1) is 5.92 Å². The Morgan fingerprint density at radius 1 is 1.40 bits per heavy atom. The van der Waals surface area contributed by atoms with Gasteiger partial charge in [-0.2, -0.15) is 0 Å². The molecule has 1 amide bonds. The molecule has 1 aliphatic heterocycles. The van der Waals surface area contributed by atoms with E-state index in [0.29, 0.717) is 25.9 Å². The Morgan fingerprint density at radius 2 is 1.95 bits per heavy atom. The van der Waals surface area contributed by atoms with Gasteiger partial charge in [0.15, 0.2) is 0 Å². The topological polar surface area (TPSA) is 116 Å². The number of aliphatic carboxylic acids is 1. The van der Waals surface area contributed by atoms with Gasteiger partial charge in [-0.15, -0.1) is 0 Å². The first-order chi connectivity index (χ1) is 9.24. The number of piperidine rings is 1. The normalized spacial score (nSPS) is 18.1. The van der Waals surface area contributed by atoms with Crippen molar-refractivity contribution in [3.63, 3.8) is 0 Å². The highest BCUT2D eigenvalue weighted by atomic mass is 16.6. The maximum Gasteiger partial charge on any atom is 0.410 e. The van der Waals surface area contributed by atoms with Crippen LogP contribution >= 0.6 is 0 Å². The third kappa shape index (κ3) is 4.62. The molecule has 1 heterocycles. The lowest BCUT2D eigenvalue weighted by Crippen LogP contribution is -2.44. The zero-order chi connectivity index (χ0) is 15.3. The number of rotatable bonds is 3. The fourth-order valence-corrected chi connectivity index (χ4v) is 2.13.